The Balaban J connectivity index is 2.14. The van der Waals surface area contributed by atoms with Gasteiger partial charge in [0.2, 0.25) is 5.91 Å². The molecule has 1 amide bonds. The van der Waals surface area contributed by atoms with Gasteiger partial charge in [-0.15, -0.1) is 5.10 Å². The molecule has 7 nitrogen and oxygen atoms in total. The Morgan fingerprint density at radius 2 is 2.22 bits per heavy atom. The van der Waals surface area contributed by atoms with Crippen molar-refractivity contribution in [3.05, 3.63) is 12.4 Å². The standard InChI is InChI=1S/C11H16N4O3/c1-11(10(17)18)4-2-3-6-15(11)9(16)8-14-7-5-12-13-14/h5,7H,2-4,6,8H2,1H3,(H,17,18). The monoisotopic (exact) mass is 252 g/mol. The molecule has 2 heterocycles. The first-order valence-electron chi connectivity index (χ1n) is 5.92. The summed E-state index contributed by atoms with van der Waals surface area (Å²) in [6.07, 6.45) is 5.23. The Kier molecular flexibility index (Phi) is 3.31. The number of nitrogens with zero attached hydrogens (tertiary/aromatic N) is 4. The van der Waals surface area contributed by atoms with Crippen molar-refractivity contribution in [1.82, 2.24) is 19.9 Å². The maximum absolute atomic E-state index is 12.2. The van der Waals surface area contributed by atoms with Crippen LogP contribution >= 0.6 is 0 Å². The Morgan fingerprint density at radius 1 is 1.44 bits per heavy atom. The first-order chi connectivity index (χ1) is 8.54. The van der Waals surface area contributed by atoms with E-state index in [1.54, 1.807) is 13.1 Å². The number of rotatable bonds is 3. The fraction of sp³-hybridized carbons (Fsp3) is 0.636. The summed E-state index contributed by atoms with van der Waals surface area (Å²) in [5.41, 5.74) is -1.10. The molecule has 1 aromatic heterocycles. The van der Waals surface area contributed by atoms with Crippen LogP contribution in [0.5, 0.6) is 0 Å². The first kappa shape index (κ1) is 12.5. The number of carbonyl (C=O) groups excluding carboxylic acids is 1. The lowest BCUT2D eigenvalue weighted by atomic mass is 9.88. The topological polar surface area (TPSA) is 88.3 Å². The summed E-state index contributed by atoms with van der Waals surface area (Å²) in [4.78, 5) is 25.0. The molecule has 1 aliphatic rings. The minimum atomic E-state index is -1.10. The van der Waals surface area contributed by atoms with Crippen LogP contribution in [0, 0.1) is 0 Å². The van der Waals surface area contributed by atoms with Crippen molar-refractivity contribution in [2.24, 2.45) is 0 Å². The van der Waals surface area contributed by atoms with E-state index in [0.29, 0.717) is 13.0 Å². The van der Waals surface area contributed by atoms with E-state index in [-0.39, 0.29) is 12.5 Å². The molecule has 18 heavy (non-hydrogen) atoms. The molecule has 1 saturated heterocycles. The molecule has 0 bridgehead atoms. The van der Waals surface area contributed by atoms with E-state index in [9.17, 15) is 14.7 Å². The highest BCUT2D eigenvalue weighted by Crippen LogP contribution is 2.28. The summed E-state index contributed by atoms with van der Waals surface area (Å²) in [5, 5.41) is 16.6. The summed E-state index contributed by atoms with van der Waals surface area (Å²) >= 11 is 0. The summed E-state index contributed by atoms with van der Waals surface area (Å²) in [5.74, 6) is -1.18. The average molecular weight is 252 g/mol. The zero-order chi connectivity index (χ0) is 13.2. The van der Waals surface area contributed by atoms with Crippen molar-refractivity contribution in [2.45, 2.75) is 38.3 Å². The molecule has 1 atom stereocenters. The largest absolute Gasteiger partial charge is 0.480 e. The molecule has 7 heteroatoms. The number of aromatic nitrogens is 3. The third-order valence-corrected chi connectivity index (χ3v) is 3.42. The lowest BCUT2D eigenvalue weighted by Gasteiger charge is -2.41. The van der Waals surface area contributed by atoms with Crippen LogP contribution in [0.4, 0.5) is 0 Å². The Bertz CT molecular complexity index is 445. The lowest BCUT2D eigenvalue weighted by molar-refractivity contribution is -0.161. The molecule has 0 radical (unpaired) electrons. The van der Waals surface area contributed by atoms with Gasteiger partial charge in [-0.25, -0.2) is 9.48 Å². The smallest absolute Gasteiger partial charge is 0.329 e. The molecule has 98 valence electrons. The molecule has 1 aromatic rings. The predicted octanol–water partition coefficient (Wildman–Crippen LogP) is 0.134. The Hall–Kier alpha value is -1.92. The second-order valence-corrected chi connectivity index (χ2v) is 4.68. The fourth-order valence-corrected chi connectivity index (χ4v) is 2.28. The van der Waals surface area contributed by atoms with E-state index in [0.717, 1.165) is 12.8 Å². The molecule has 0 aliphatic carbocycles. The van der Waals surface area contributed by atoms with Gasteiger partial charge in [0, 0.05) is 12.7 Å². The number of piperidine rings is 1. The highest BCUT2D eigenvalue weighted by molar-refractivity contribution is 5.86. The summed E-state index contributed by atoms with van der Waals surface area (Å²) < 4.78 is 1.40. The number of carboxylic acid groups (broad SMARTS) is 1. The van der Waals surface area contributed by atoms with Crippen LogP contribution in [0.15, 0.2) is 12.4 Å². The third kappa shape index (κ3) is 2.20. The quantitative estimate of drug-likeness (QED) is 0.826. The normalized spacial score (nSPS) is 23.9. The number of hydrogen-bond acceptors (Lipinski definition) is 4. The molecule has 1 aliphatic heterocycles. The van der Waals surface area contributed by atoms with Crippen molar-refractivity contribution in [1.29, 1.82) is 0 Å². The molecular formula is C11H16N4O3. The number of hydrogen-bond donors (Lipinski definition) is 1. The van der Waals surface area contributed by atoms with Crippen molar-refractivity contribution in [3.8, 4) is 0 Å². The molecule has 2 rings (SSSR count). The van der Waals surface area contributed by atoms with E-state index in [1.165, 1.54) is 15.8 Å². The maximum Gasteiger partial charge on any atom is 0.329 e. The van der Waals surface area contributed by atoms with Crippen LogP contribution < -0.4 is 0 Å². The Labute approximate surface area is 104 Å². The molecule has 1 fully saturated rings. The number of likely N-dealkylation sites (tertiary alicyclic amines) is 1. The minimum absolute atomic E-state index is 0.0306. The number of aliphatic carboxylic acids is 1. The lowest BCUT2D eigenvalue weighted by Crippen LogP contribution is -2.58. The molecule has 0 saturated carbocycles. The van der Waals surface area contributed by atoms with Gasteiger partial charge in [-0.1, -0.05) is 5.21 Å². The van der Waals surface area contributed by atoms with Gasteiger partial charge in [0.1, 0.15) is 12.1 Å². The van der Waals surface area contributed by atoms with Gasteiger partial charge in [-0.2, -0.15) is 0 Å². The maximum atomic E-state index is 12.2. The van der Waals surface area contributed by atoms with E-state index in [2.05, 4.69) is 10.3 Å². The van der Waals surface area contributed by atoms with Gasteiger partial charge in [-0.3, -0.25) is 4.79 Å². The third-order valence-electron chi connectivity index (χ3n) is 3.42. The van der Waals surface area contributed by atoms with Gasteiger partial charge >= 0.3 is 5.97 Å². The summed E-state index contributed by atoms with van der Waals surface area (Å²) in [6, 6.07) is 0. The van der Waals surface area contributed by atoms with Crippen LogP contribution in [-0.2, 0) is 16.1 Å². The summed E-state index contributed by atoms with van der Waals surface area (Å²) in [6.45, 7) is 2.12. The highest BCUT2D eigenvalue weighted by atomic mass is 16.4. The second-order valence-electron chi connectivity index (χ2n) is 4.68. The molecule has 1 unspecified atom stereocenters. The van der Waals surface area contributed by atoms with Crippen LogP contribution in [0.25, 0.3) is 0 Å². The van der Waals surface area contributed by atoms with E-state index in [4.69, 9.17) is 0 Å². The van der Waals surface area contributed by atoms with Gasteiger partial charge in [-0.05, 0) is 26.2 Å². The first-order valence-corrected chi connectivity index (χ1v) is 5.92. The molecule has 0 spiro atoms. The van der Waals surface area contributed by atoms with Crippen molar-refractivity contribution < 1.29 is 14.7 Å². The molecule has 0 aromatic carbocycles. The highest BCUT2D eigenvalue weighted by Gasteiger charge is 2.43. The number of amides is 1. The zero-order valence-corrected chi connectivity index (χ0v) is 10.2. The van der Waals surface area contributed by atoms with Crippen molar-refractivity contribution >= 4 is 11.9 Å². The van der Waals surface area contributed by atoms with Crippen molar-refractivity contribution in [2.75, 3.05) is 6.54 Å². The minimum Gasteiger partial charge on any atom is -0.480 e. The van der Waals surface area contributed by atoms with Crippen molar-refractivity contribution in [3.63, 3.8) is 0 Å². The average Bonchev–Trinajstić information content (AvgIpc) is 2.82. The van der Waals surface area contributed by atoms with Gasteiger partial charge in [0.05, 0.1) is 6.20 Å². The second kappa shape index (κ2) is 4.75. The number of carbonyl (C=O) groups is 2. The van der Waals surface area contributed by atoms with Gasteiger partial charge in [0.15, 0.2) is 0 Å². The Morgan fingerprint density at radius 3 is 2.83 bits per heavy atom. The molecule has 1 N–H and O–H groups in total. The van der Waals surface area contributed by atoms with Crippen LogP contribution in [0.3, 0.4) is 0 Å². The predicted molar refractivity (Wildman–Crippen MR) is 61.6 cm³/mol. The molecular weight excluding hydrogens is 236 g/mol. The van der Waals surface area contributed by atoms with Crippen LogP contribution in [0.2, 0.25) is 0 Å². The van der Waals surface area contributed by atoms with E-state index < -0.39 is 11.5 Å². The van der Waals surface area contributed by atoms with Gasteiger partial charge < -0.3 is 10.0 Å². The van der Waals surface area contributed by atoms with E-state index in [1.807, 2.05) is 0 Å². The SMILES string of the molecule is CC1(C(=O)O)CCCCN1C(=O)Cn1ccnn1. The summed E-state index contributed by atoms with van der Waals surface area (Å²) in [7, 11) is 0. The fourth-order valence-electron chi connectivity index (χ4n) is 2.28. The van der Waals surface area contributed by atoms with E-state index >= 15 is 0 Å². The van der Waals surface area contributed by atoms with Gasteiger partial charge in [0.25, 0.3) is 0 Å². The number of carboxylic acids is 1. The van der Waals surface area contributed by atoms with Crippen LogP contribution in [0.1, 0.15) is 26.2 Å². The zero-order valence-electron chi connectivity index (χ0n) is 10.2. The van der Waals surface area contributed by atoms with Crippen LogP contribution in [-0.4, -0.2) is 49.0 Å².